The van der Waals surface area contributed by atoms with Gasteiger partial charge in [-0.2, -0.15) is 0 Å². The summed E-state index contributed by atoms with van der Waals surface area (Å²) in [6, 6.07) is 58.3. The molecular formula is C63H66O17. The molecule has 6 aliphatic heterocycles. The Morgan fingerprint density at radius 2 is 0.688 bits per heavy atom. The zero-order chi connectivity index (χ0) is 54.2. The molecule has 0 spiro atoms. The molecule has 17 nitrogen and oxygen atoms in total. The maximum Gasteiger partial charge on any atom is 0.303 e. The van der Waals surface area contributed by atoms with Crippen molar-refractivity contribution in [2.24, 2.45) is 0 Å². The molecule has 6 aliphatic rings. The van der Waals surface area contributed by atoms with Gasteiger partial charge in [0, 0.05) is 30.7 Å². The molecule has 0 radical (unpaired) electrons. The highest BCUT2D eigenvalue weighted by molar-refractivity contribution is 5.66. The van der Waals surface area contributed by atoms with Gasteiger partial charge in [-0.25, -0.2) is 0 Å². The van der Waals surface area contributed by atoms with Crippen LogP contribution in [-0.4, -0.2) is 125 Å². The van der Waals surface area contributed by atoms with Crippen molar-refractivity contribution in [3.8, 4) is 0 Å². The van der Waals surface area contributed by atoms with Gasteiger partial charge in [0.05, 0.1) is 39.6 Å². The summed E-state index contributed by atoms with van der Waals surface area (Å²) in [6.07, 6.45) is -16.9. The molecule has 3 unspecified atom stereocenters. The average molecular weight is 1100 g/mol. The molecule has 0 saturated carbocycles. The van der Waals surface area contributed by atoms with E-state index in [0.717, 1.165) is 33.4 Å². The number of ether oxygens (including phenoxy) is 16. The highest BCUT2D eigenvalue weighted by atomic mass is 16.8. The summed E-state index contributed by atoms with van der Waals surface area (Å²) in [5.74, 6) is -0.603. The fraction of sp³-hybridized carbons (Fsp3) is 0.413. The minimum absolute atomic E-state index is 0.0760. The van der Waals surface area contributed by atoms with Crippen molar-refractivity contribution in [3.05, 3.63) is 215 Å². The topological polar surface area (TPSA) is 165 Å². The van der Waals surface area contributed by atoms with Gasteiger partial charge in [-0.05, 0) is 16.7 Å². The summed E-state index contributed by atoms with van der Waals surface area (Å²) >= 11 is 0. The number of methoxy groups -OCH3 is 1. The van der Waals surface area contributed by atoms with E-state index in [-0.39, 0.29) is 39.6 Å². The van der Waals surface area contributed by atoms with Crippen LogP contribution in [0.5, 0.6) is 0 Å². The number of carbonyl (C=O) groups is 1. The van der Waals surface area contributed by atoms with Crippen LogP contribution in [0, 0.1) is 0 Å². The van der Waals surface area contributed by atoms with Gasteiger partial charge in [-0.3, -0.25) is 4.79 Å². The standard InChI is InChI=1S/C63H66O17/c1-39(64)72-56-53(67-34-41-23-11-4-12-24-41)50-47(37-70-59(77-50)44-29-17-7-18-30-44)74-62(56)80-57-54(68-35-42-25-13-5-14-26-42)51-48(38-71-60(78-51)45-31-19-8-20-32-45)75-63(57)79-55-52(66-33-40-21-9-3-10-22-40)49-46(73-61(55)65-2)36-69-58(76-49)43-27-15-6-16-28-43/h3-32,46-63H,33-38H2,1-2H3/t46-,47-,48-,49-,50-,51-,52+,53+,54+,55-,56-,57-,58?,59?,60?,61+,62+,63-/m1/s1. The Morgan fingerprint density at radius 3 is 1.02 bits per heavy atom. The SMILES string of the molecule is CO[C@H]1O[C@@H]2COC(c3ccccc3)O[C@H]2[C@H](OCc2ccccc2)[C@H]1O[C@H]1O[C@@H]2COC(c3ccccc3)O[C@H]2[C@H](OCc2ccccc2)[C@H]1O[C@@H]1O[C@@H]2COC(c3ccccc3)O[C@H]2[C@H](OCc2ccccc2)[C@H]1OC(C)=O. The third kappa shape index (κ3) is 12.6. The lowest BCUT2D eigenvalue weighted by Crippen LogP contribution is -2.69. The van der Waals surface area contributed by atoms with Crippen molar-refractivity contribution in [3.63, 3.8) is 0 Å². The third-order valence-electron chi connectivity index (χ3n) is 15.0. The van der Waals surface area contributed by atoms with Crippen molar-refractivity contribution in [1.29, 1.82) is 0 Å². The highest BCUT2D eigenvalue weighted by Crippen LogP contribution is 2.44. The van der Waals surface area contributed by atoms with Gasteiger partial charge in [-0.15, -0.1) is 0 Å². The summed E-state index contributed by atoms with van der Waals surface area (Å²) in [4.78, 5) is 13.5. The van der Waals surface area contributed by atoms with Crippen LogP contribution in [0.25, 0.3) is 0 Å². The van der Waals surface area contributed by atoms with Gasteiger partial charge >= 0.3 is 5.97 Å². The Hall–Kier alpha value is -5.81. The van der Waals surface area contributed by atoms with E-state index in [2.05, 4.69) is 0 Å². The largest absolute Gasteiger partial charge is 0.454 e. The Morgan fingerprint density at radius 1 is 0.388 bits per heavy atom. The molecule has 80 heavy (non-hydrogen) atoms. The average Bonchev–Trinajstić information content (AvgIpc) is 3.51. The minimum Gasteiger partial charge on any atom is -0.454 e. The van der Waals surface area contributed by atoms with E-state index < -0.39 is 117 Å². The van der Waals surface area contributed by atoms with Crippen LogP contribution in [0.3, 0.4) is 0 Å². The maximum atomic E-state index is 13.5. The quantitative estimate of drug-likeness (QED) is 0.0751. The molecule has 0 amide bonds. The second-order valence-electron chi connectivity index (χ2n) is 20.5. The second-order valence-corrected chi connectivity index (χ2v) is 20.5. The Balaban J connectivity index is 0.932. The molecule has 0 aromatic heterocycles. The normalized spacial score (nSPS) is 34.0. The Kier molecular flexibility index (Phi) is 17.8. The van der Waals surface area contributed by atoms with Gasteiger partial charge in [0.15, 0.2) is 43.8 Å². The highest BCUT2D eigenvalue weighted by Gasteiger charge is 2.60. The van der Waals surface area contributed by atoms with Crippen LogP contribution in [0.1, 0.15) is 59.2 Å². The summed E-state index contributed by atoms with van der Waals surface area (Å²) in [7, 11) is 1.54. The van der Waals surface area contributed by atoms with E-state index in [1.165, 1.54) is 6.92 Å². The smallest absolute Gasteiger partial charge is 0.303 e. The first-order valence-corrected chi connectivity index (χ1v) is 27.3. The molecule has 6 fully saturated rings. The predicted molar refractivity (Wildman–Crippen MR) is 283 cm³/mol. The van der Waals surface area contributed by atoms with E-state index in [9.17, 15) is 4.79 Å². The van der Waals surface area contributed by atoms with Crippen molar-refractivity contribution in [1.82, 2.24) is 0 Å². The summed E-state index contributed by atoms with van der Waals surface area (Å²) in [6.45, 7) is 2.13. The van der Waals surface area contributed by atoms with E-state index in [4.69, 9.17) is 75.8 Å². The first-order chi connectivity index (χ1) is 39.4. The predicted octanol–water partition coefficient (Wildman–Crippen LogP) is 8.61. The molecule has 420 valence electrons. The summed E-state index contributed by atoms with van der Waals surface area (Å²) in [5, 5.41) is 0. The lowest BCUT2D eigenvalue weighted by Gasteiger charge is -2.54. The molecule has 0 bridgehead atoms. The van der Waals surface area contributed by atoms with Crippen LogP contribution < -0.4 is 0 Å². The first-order valence-electron chi connectivity index (χ1n) is 27.3. The van der Waals surface area contributed by atoms with Crippen molar-refractivity contribution in [2.75, 3.05) is 26.9 Å². The van der Waals surface area contributed by atoms with Crippen LogP contribution in [0.4, 0.5) is 0 Å². The number of benzene rings is 6. The third-order valence-corrected chi connectivity index (χ3v) is 15.0. The first kappa shape index (κ1) is 54.8. The van der Waals surface area contributed by atoms with Crippen LogP contribution >= 0.6 is 0 Å². The molecule has 6 heterocycles. The maximum absolute atomic E-state index is 13.5. The van der Waals surface area contributed by atoms with Crippen LogP contribution in [0.2, 0.25) is 0 Å². The zero-order valence-electron chi connectivity index (χ0n) is 44.4. The van der Waals surface area contributed by atoms with Gasteiger partial charge in [0.2, 0.25) is 0 Å². The van der Waals surface area contributed by atoms with Crippen molar-refractivity contribution < 1.29 is 80.6 Å². The molecule has 0 N–H and O–H groups in total. The molecule has 17 heteroatoms. The molecule has 0 aliphatic carbocycles. The lowest BCUT2D eigenvalue weighted by atomic mass is 9.94. The molecule has 6 saturated heterocycles. The molecule has 6 aromatic rings. The molecule has 6 aromatic carbocycles. The molecular weight excluding hydrogens is 1030 g/mol. The minimum atomic E-state index is -1.37. The number of carbonyl (C=O) groups excluding carboxylic acids is 1. The van der Waals surface area contributed by atoms with Gasteiger partial charge in [0.1, 0.15) is 67.1 Å². The number of esters is 1. The number of hydrogen-bond donors (Lipinski definition) is 0. The van der Waals surface area contributed by atoms with Crippen molar-refractivity contribution >= 4 is 5.97 Å². The number of rotatable bonds is 18. The second kappa shape index (κ2) is 26.0. The van der Waals surface area contributed by atoms with Gasteiger partial charge < -0.3 is 75.8 Å². The van der Waals surface area contributed by atoms with Gasteiger partial charge in [-0.1, -0.05) is 182 Å². The van der Waals surface area contributed by atoms with Crippen LogP contribution in [-0.2, 0) is 100 Å². The lowest BCUT2D eigenvalue weighted by molar-refractivity contribution is -0.429. The van der Waals surface area contributed by atoms with E-state index in [1.54, 1.807) is 7.11 Å². The fourth-order valence-corrected chi connectivity index (χ4v) is 11.2. The fourth-order valence-electron chi connectivity index (χ4n) is 11.2. The monoisotopic (exact) mass is 1090 g/mol. The van der Waals surface area contributed by atoms with E-state index in [0.29, 0.717) is 0 Å². The number of hydrogen-bond acceptors (Lipinski definition) is 17. The van der Waals surface area contributed by atoms with Gasteiger partial charge in [0.25, 0.3) is 0 Å². The van der Waals surface area contributed by atoms with E-state index in [1.807, 2.05) is 182 Å². The number of fused-ring (bicyclic) bond motifs is 3. The Labute approximate surface area is 465 Å². The molecule has 18 atom stereocenters. The van der Waals surface area contributed by atoms with Crippen LogP contribution in [0.15, 0.2) is 182 Å². The zero-order valence-corrected chi connectivity index (χ0v) is 44.4. The Bertz CT molecular complexity index is 2840. The van der Waals surface area contributed by atoms with E-state index >= 15 is 0 Å². The molecule has 12 rings (SSSR count). The summed E-state index contributed by atoms with van der Waals surface area (Å²) < 4.78 is 109. The van der Waals surface area contributed by atoms with Crippen molar-refractivity contribution in [2.45, 2.75) is 138 Å². The summed E-state index contributed by atoms with van der Waals surface area (Å²) in [5.41, 5.74) is 5.12.